The van der Waals surface area contributed by atoms with Gasteiger partial charge in [0.05, 0.1) is 0 Å². The lowest BCUT2D eigenvalue weighted by molar-refractivity contribution is 1.46. The zero-order valence-electron chi connectivity index (χ0n) is 13.2. The third kappa shape index (κ3) is 11.2. The van der Waals surface area contributed by atoms with Gasteiger partial charge >= 0.3 is 0 Å². The molecule has 0 unspecified atom stereocenters. The van der Waals surface area contributed by atoms with Crippen molar-refractivity contribution in [2.45, 2.75) is 76.8 Å². The summed E-state index contributed by atoms with van der Waals surface area (Å²) in [6.07, 6.45) is 0. The fraction of sp³-hybridized carbons (Fsp3) is 1.00. The van der Waals surface area contributed by atoms with Crippen LogP contribution in [0.15, 0.2) is 0 Å². The molecule has 0 atom stereocenters. The molecule has 0 fully saturated rings. The first-order valence-corrected chi connectivity index (χ1v) is 17.9. The first-order valence-electron chi connectivity index (χ1n) is 6.79. The van der Waals surface area contributed by atoms with Gasteiger partial charge in [0.1, 0.15) is 6.71 Å². The molecule has 4 heteroatoms. The third-order valence-corrected chi connectivity index (χ3v) is 8.11. The van der Waals surface area contributed by atoms with Crippen LogP contribution >= 0.6 is 0 Å². The van der Waals surface area contributed by atoms with Crippen LogP contribution in [0.25, 0.3) is 0 Å². The minimum absolute atomic E-state index is 0.875. The van der Waals surface area contributed by atoms with E-state index in [9.17, 15) is 0 Å². The van der Waals surface area contributed by atoms with E-state index in [0.29, 0.717) is 0 Å². The van der Waals surface area contributed by atoms with E-state index in [1.54, 1.807) is 17.8 Å². The quantitative estimate of drug-likeness (QED) is 0.589. The number of hydrogen-bond acceptors (Lipinski definition) is 0. The summed E-state index contributed by atoms with van der Waals surface area (Å²) in [5.74, 6) is 4.67. The van der Waals surface area contributed by atoms with E-state index in [1.807, 2.05) is 0 Å². The predicted octanol–water partition coefficient (Wildman–Crippen LogP) is 5.11. The van der Waals surface area contributed by atoms with Gasteiger partial charge in [0.2, 0.25) is 0 Å². The Morgan fingerprint density at radius 3 is 0.812 bits per heavy atom. The molecule has 0 spiro atoms. The fourth-order valence-electron chi connectivity index (χ4n) is 2.81. The normalized spacial score (nSPS) is 14.1. The lowest BCUT2D eigenvalue weighted by atomic mass is 9.56. The molecule has 0 aromatic heterocycles. The number of rotatable bonds is 6. The topological polar surface area (TPSA) is 0 Å². The van der Waals surface area contributed by atoms with Crippen LogP contribution in [0.1, 0.15) is 0 Å². The summed E-state index contributed by atoms with van der Waals surface area (Å²) in [7, 11) is -2.63. The second kappa shape index (κ2) is 5.57. The standard InChI is InChI=1S/C12H33BSi3/c1-14(2,3)10-13(11-15(4,5)6)12-16(7,8)9/h10-12H2,1-9H3. The van der Waals surface area contributed by atoms with Crippen molar-refractivity contribution in [1.82, 2.24) is 0 Å². The van der Waals surface area contributed by atoms with Crippen molar-refractivity contribution in [2.75, 3.05) is 0 Å². The van der Waals surface area contributed by atoms with Crippen LogP contribution in [-0.2, 0) is 0 Å². The molecule has 0 nitrogen and oxygen atoms in total. The minimum Gasteiger partial charge on any atom is -0.0788 e. The van der Waals surface area contributed by atoms with Crippen molar-refractivity contribution < 1.29 is 0 Å². The zero-order chi connectivity index (χ0) is 13.2. The van der Waals surface area contributed by atoms with E-state index in [1.165, 1.54) is 0 Å². The SMILES string of the molecule is C[Si](C)(C)CB(C[Si](C)(C)C)C[Si](C)(C)C. The molecule has 0 bridgehead atoms. The monoisotopic (exact) mass is 272 g/mol. The van der Waals surface area contributed by atoms with Gasteiger partial charge in [-0.25, -0.2) is 0 Å². The van der Waals surface area contributed by atoms with Gasteiger partial charge in [-0.1, -0.05) is 76.8 Å². The molecule has 0 radical (unpaired) electrons. The first kappa shape index (κ1) is 16.7. The molecule has 0 aliphatic rings. The molecule has 0 aromatic rings. The summed E-state index contributed by atoms with van der Waals surface area (Å²) in [4.78, 5) is 0. The first-order chi connectivity index (χ1) is 6.79. The Balaban J connectivity index is 4.53. The van der Waals surface area contributed by atoms with E-state index in [0.717, 1.165) is 6.71 Å². The Morgan fingerprint density at radius 1 is 0.500 bits per heavy atom. The van der Waals surface area contributed by atoms with Crippen LogP contribution in [0.2, 0.25) is 76.8 Å². The molecule has 0 saturated heterocycles. The smallest absolute Gasteiger partial charge is 0.0788 e. The van der Waals surface area contributed by atoms with E-state index in [4.69, 9.17) is 0 Å². The summed E-state index contributed by atoms with van der Waals surface area (Å²) >= 11 is 0. The second-order valence-electron chi connectivity index (χ2n) is 9.16. The molecular formula is C12H33BSi3. The summed E-state index contributed by atoms with van der Waals surface area (Å²) in [5.41, 5.74) is 0. The summed E-state index contributed by atoms with van der Waals surface area (Å²) < 4.78 is 0. The summed E-state index contributed by atoms with van der Waals surface area (Å²) in [6.45, 7) is 23.9. The molecule has 0 amide bonds. The van der Waals surface area contributed by atoms with Crippen LogP contribution < -0.4 is 0 Å². The number of hydrogen-bond donors (Lipinski definition) is 0. The molecule has 16 heavy (non-hydrogen) atoms. The highest BCUT2D eigenvalue weighted by atomic mass is 28.3. The maximum absolute atomic E-state index is 2.54. The average Bonchev–Trinajstić information content (AvgIpc) is 1.70. The minimum atomic E-state index is -0.875. The van der Waals surface area contributed by atoms with Crippen molar-refractivity contribution in [1.29, 1.82) is 0 Å². The molecule has 0 aromatic carbocycles. The summed E-state index contributed by atoms with van der Waals surface area (Å²) in [6, 6.07) is 0. The predicted molar refractivity (Wildman–Crippen MR) is 90.2 cm³/mol. The molecule has 96 valence electrons. The van der Waals surface area contributed by atoms with Gasteiger partial charge in [0.15, 0.2) is 0 Å². The van der Waals surface area contributed by atoms with Gasteiger partial charge in [-0.05, 0) is 0 Å². The lowest BCUT2D eigenvalue weighted by Gasteiger charge is -2.30. The summed E-state index contributed by atoms with van der Waals surface area (Å²) in [5, 5.41) is 0. The largest absolute Gasteiger partial charge is 0.131 e. The van der Waals surface area contributed by atoms with Crippen LogP contribution in [0.4, 0.5) is 0 Å². The second-order valence-corrected chi connectivity index (χ2v) is 25.7. The van der Waals surface area contributed by atoms with Gasteiger partial charge in [-0.15, -0.1) is 0 Å². The van der Waals surface area contributed by atoms with E-state index in [-0.39, 0.29) is 0 Å². The Labute approximate surface area is 108 Å². The van der Waals surface area contributed by atoms with Crippen LogP contribution in [0.5, 0.6) is 0 Å². The van der Waals surface area contributed by atoms with Crippen LogP contribution in [0.3, 0.4) is 0 Å². The molecule has 0 aliphatic heterocycles. The zero-order valence-corrected chi connectivity index (χ0v) is 16.2. The van der Waals surface area contributed by atoms with E-state index in [2.05, 4.69) is 58.9 Å². The highest BCUT2D eigenvalue weighted by Crippen LogP contribution is 2.25. The molecule has 0 heterocycles. The van der Waals surface area contributed by atoms with Crippen LogP contribution in [0, 0.1) is 0 Å². The van der Waals surface area contributed by atoms with Gasteiger partial charge in [-0.3, -0.25) is 0 Å². The molecular weight excluding hydrogens is 239 g/mol. The fourth-order valence-corrected chi connectivity index (χ4v) is 9.74. The van der Waals surface area contributed by atoms with Crippen molar-refractivity contribution in [3.8, 4) is 0 Å². The van der Waals surface area contributed by atoms with Crippen LogP contribution in [-0.4, -0.2) is 30.9 Å². The maximum Gasteiger partial charge on any atom is 0.131 e. The van der Waals surface area contributed by atoms with E-state index >= 15 is 0 Å². The molecule has 0 aliphatic carbocycles. The Hall–Kier alpha value is 0.716. The molecule has 0 saturated carbocycles. The highest BCUT2D eigenvalue weighted by molar-refractivity contribution is 7.00. The molecule has 0 rings (SSSR count). The van der Waals surface area contributed by atoms with Crippen molar-refractivity contribution in [2.24, 2.45) is 0 Å². The maximum atomic E-state index is 2.54. The highest BCUT2D eigenvalue weighted by Gasteiger charge is 2.31. The Bertz CT molecular complexity index is 170. The Kier molecular flexibility index (Phi) is 5.82. The van der Waals surface area contributed by atoms with Gasteiger partial charge in [0.25, 0.3) is 0 Å². The van der Waals surface area contributed by atoms with E-state index < -0.39 is 24.2 Å². The lowest BCUT2D eigenvalue weighted by Crippen LogP contribution is -2.40. The third-order valence-electron chi connectivity index (χ3n) is 2.70. The molecule has 0 N–H and O–H groups in total. The Morgan fingerprint density at radius 2 is 0.688 bits per heavy atom. The van der Waals surface area contributed by atoms with Crippen molar-refractivity contribution in [3.05, 3.63) is 0 Å². The van der Waals surface area contributed by atoms with Crippen molar-refractivity contribution in [3.63, 3.8) is 0 Å². The van der Waals surface area contributed by atoms with Crippen molar-refractivity contribution >= 4 is 30.9 Å². The van der Waals surface area contributed by atoms with Gasteiger partial charge < -0.3 is 0 Å². The van der Waals surface area contributed by atoms with Gasteiger partial charge in [0, 0.05) is 24.2 Å². The van der Waals surface area contributed by atoms with Gasteiger partial charge in [-0.2, -0.15) is 0 Å². The average molecular weight is 272 g/mol.